The van der Waals surface area contributed by atoms with Crippen molar-refractivity contribution in [3.8, 4) is 0 Å². The van der Waals surface area contributed by atoms with Gasteiger partial charge >= 0.3 is 0 Å². The van der Waals surface area contributed by atoms with Crippen molar-refractivity contribution in [2.24, 2.45) is 16.8 Å². The van der Waals surface area contributed by atoms with E-state index in [1.165, 1.54) is 5.56 Å². The quantitative estimate of drug-likeness (QED) is 0.856. The van der Waals surface area contributed by atoms with Crippen LogP contribution in [0.25, 0.3) is 0 Å². The van der Waals surface area contributed by atoms with Gasteiger partial charge in [0.2, 0.25) is 0 Å². The number of allylic oxidation sites excluding steroid dienone is 2. The van der Waals surface area contributed by atoms with Crippen LogP contribution < -0.4 is 10.6 Å². The van der Waals surface area contributed by atoms with Crippen molar-refractivity contribution in [3.63, 3.8) is 0 Å². The van der Waals surface area contributed by atoms with Crippen LogP contribution in [0.2, 0.25) is 0 Å². The first-order chi connectivity index (χ1) is 12.8. The number of hydrogen-bond acceptors (Lipinski definition) is 5. The zero-order valence-electron chi connectivity index (χ0n) is 15.2. The van der Waals surface area contributed by atoms with Gasteiger partial charge in [0, 0.05) is 31.7 Å². The number of ether oxygens (including phenoxy) is 1. The highest BCUT2D eigenvalue weighted by Gasteiger charge is 2.25. The van der Waals surface area contributed by atoms with Crippen molar-refractivity contribution in [1.82, 2.24) is 10.3 Å². The van der Waals surface area contributed by atoms with E-state index >= 15 is 0 Å². The molecule has 26 heavy (non-hydrogen) atoms. The third kappa shape index (κ3) is 3.82. The van der Waals surface area contributed by atoms with Crippen molar-refractivity contribution in [3.05, 3.63) is 60.0 Å². The number of amidine groups is 1. The molecule has 3 unspecified atom stereocenters. The molecule has 2 aliphatic heterocycles. The van der Waals surface area contributed by atoms with Crippen molar-refractivity contribution < 1.29 is 4.74 Å². The minimum Gasteiger partial charge on any atom is -0.497 e. The van der Waals surface area contributed by atoms with Gasteiger partial charge in [-0.05, 0) is 54.5 Å². The van der Waals surface area contributed by atoms with Crippen LogP contribution in [0.5, 0.6) is 0 Å². The molecular weight excluding hydrogens is 324 g/mol. The van der Waals surface area contributed by atoms with Gasteiger partial charge in [-0.25, -0.2) is 4.98 Å². The molecule has 0 spiro atoms. The Balaban J connectivity index is 1.24. The molecule has 136 valence electrons. The molecule has 3 atom stereocenters. The van der Waals surface area contributed by atoms with E-state index in [-0.39, 0.29) is 0 Å². The molecule has 1 aromatic rings. The minimum atomic E-state index is 0.497. The second-order valence-electron chi connectivity index (χ2n) is 7.15. The molecule has 5 nitrogen and oxygen atoms in total. The number of rotatable bonds is 5. The zero-order chi connectivity index (χ0) is 17.8. The molecule has 0 fully saturated rings. The summed E-state index contributed by atoms with van der Waals surface area (Å²) in [5.74, 6) is 4.54. The van der Waals surface area contributed by atoms with Crippen LogP contribution in [0.3, 0.4) is 0 Å². The van der Waals surface area contributed by atoms with Gasteiger partial charge in [0.05, 0.1) is 7.11 Å². The van der Waals surface area contributed by atoms with Crippen molar-refractivity contribution in [2.75, 3.05) is 32.1 Å². The molecule has 0 bridgehead atoms. The first kappa shape index (κ1) is 16.9. The molecule has 0 amide bonds. The summed E-state index contributed by atoms with van der Waals surface area (Å²) in [4.78, 5) is 9.15. The minimum absolute atomic E-state index is 0.497. The lowest BCUT2D eigenvalue weighted by Crippen LogP contribution is -2.30. The number of aromatic nitrogens is 1. The zero-order valence-corrected chi connectivity index (χ0v) is 15.2. The molecule has 0 radical (unpaired) electrons. The number of nitrogens with one attached hydrogen (secondary N) is 2. The highest BCUT2D eigenvalue weighted by Crippen LogP contribution is 2.34. The van der Waals surface area contributed by atoms with Crippen LogP contribution >= 0.6 is 0 Å². The third-order valence-electron chi connectivity index (χ3n) is 5.34. The molecule has 3 aliphatic rings. The van der Waals surface area contributed by atoms with Crippen molar-refractivity contribution in [1.29, 1.82) is 0 Å². The van der Waals surface area contributed by atoms with E-state index in [1.807, 2.05) is 18.3 Å². The summed E-state index contributed by atoms with van der Waals surface area (Å²) in [5, 5.41) is 6.88. The van der Waals surface area contributed by atoms with Crippen LogP contribution in [0.15, 0.2) is 59.5 Å². The van der Waals surface area contributed by atoms with Gasteiger partial charge in [0.1, 0.15) is 17.4 Å². The summed E-state index contributed by atoms with van der Waals surface area (Å²) < 4.78 is 5.23. The maximum absolute atomic E-state index is 5.23. The Kier molecular flexibility index (Phi) is 5.04. The molecule has 5 heteroatoms. The lowest BCUT2D eigenvalue weighted by molar-refractivity contribution is 0.301. The van der Waals surface area contributed by atoms with Gasteiger partial charge in [0.15, 0.2) is 0 Å². The third-order valence-corrected chi connectivity index (χ3v) is 5.34. The Morgan fingerprint density at radius 1 is 1.27 bits per heavy atom. The maximum atomic E-state index is 5.23. The summed E-state index contributed by atoms with van der Waals surface area (Å²) in [6.45, 7) is 2.75. The number of hydrogen-bond donors (Lipinski definition) is 2. The van der Waals surface area contributed by atoms with E-state index in [9.17, 15) is 0 Å². The average molecular weight is 350 g/mol. The molecule has 0 saturated carbocycles. The Labute approximate surface area is 155 Å². The molecule has 4 rings (SSSR count). The Bertz CT molecular complexity index is 765. The highest BCUT2D eigenvalue weighted by molar-refractivity contribution is 5.93. The second kappa shape index (κ2) is 7.77. The summed E-state index contributed by atoms with van der Waals surface area (Å²) in [6, 6.07) is 4.22. The van der Waals surface area contributed by atoms with E-state index in [2.05, 4.69) is 46.0 Å². The number of nitrogens with zero attached hydrogens (tertiary/aromatic N) is 2. The number of aliphatic imine (C=N–C) groups is 1. The number of fused-ring (bicyclic) bond motifs is 1. The smallest absolute Gasteiger partial charge is 0.129 e. The Morgan fingerprint density at radius 3 is 2.96 bits per heavy atom. The standard InChI is InChI=1S/C21H26N4O/c1-26-18-7-4-15(5-8-18)12-23-20-9-6-16(13-24-20)11-17-14-25-21-19(17)3-2-10-22-21/h2-4,6-10,15-17H,5,11-14H2,1H3,(H,22,25)(H,23,24). The maximum Gasteiger partial charge on any atom is 0.129 e. The van der Waals surface area contributed by atoms with Gasteiger partial charge in [-0.1, -0.05) is 18.2 Å². The fraction of sp³-hybridized carbons (Fsp3) is 0.429. The van der Waals surface area contributed by atoms with Crippen LogP contribution in [-0.4, -0.2) is 37.6 Å². The van der Waals surface area contributed by atoms with Gasteiger partial charge < -0.3 is 15.4 Å². The fourth-order valence-electron chi connectivity index (χ4n) is 3.81. The van der Waals surface area contributed by atoms with Crippen molar-refractivity contribution >= 4 is 11.7 Å². The van der Waals surface area contributed by atoms with E-state index < -0.39 is 0 Å². The lowest BCUT2D eigenvalue weighted by atomic mass is 9.90. The van der Waals surface area contributed by atoms with E-state index in [4.69, 9.17) is 9.73 Å². The molecular formula is C21H26N4O. The van der Waals surface area contributed by atoms with Gasteiger partial charge in [0.25, 0.3) is 0 Å². The molecule has 2 N–H and O–H groups in total. The van der Waals surface area contributed by atoms with Gasteiger partial charge in [-0.2, -0.15) is 0 Å². The number of dihydropyridines is 1. The van der Waals surface area contributed by atoms with Crippen LogP contribution in [0.1, 0.15) is 24.3 Å². The normalized spacial score (nSPS) is 26.6. The Morgan fingerprint density at radius 2 is 2.19 bits per heavy atom. The van der Waals surface area contributed by atoms with Gasteiger partial charge in [-0.15, -0.1) is 0 Å². The number of methoxy groups -OCH3 is 1. The molecule has 1 aromatic heterocycles. The first-order valence-corrected chi connectivity index (χ1v) is 9.39. The van der Waals surface area contributed by atoms with Crippen LogP contribution in [-0.2, 0) is 4.74 Å². The van der Waals surface area contributed by atoms with Gasteiger partial charge in [-0.3, -0.25) is 4.99 Å². The first-order valence-electron chi connectivity index (χ1n) is 9.39. The average Bonchev–Trinajstić information content (AvgIpc) is 3.11. The van der Waals surface area contributed by atoms with E-state index in [0.29, 0.717) is 17.8 Å². The van der Waals surface area contributed by atoms with Crippen LogP contribution in [0.4, 0.5) is 5.82 Å². The predicted molar refractivity (Wildman–Crippen MR) is 105 cm³/mol. The summed E-state index contributed by atoms with van der Waals surface area (Å²) in [6.07, 6.45) is 14.8. The molecule has 1 aliphatic carbocycles. The fourth-order valence-corrected chi connectivity index (χ4v) is 3.81. The number of anilines is 1. The summed E-state index contributed by atoms with van der Waals surface area (Å²) >= 11 is 0. The second-order valence-corrected chi connectivity index (χ2v) is 7.15. The SMILES string of the molecule is COC1=CCC(CNC2=NCC(CC3CNc4ncccc43)C=C2)C=C1. The lowest BCUT2D eigenvalue weighted by Gasteiger charge is -2.21. The highest BCUT2D eigenvalue weighted by atomic mass is 16.5. The van der Waals surface area contributed by atoms with E-state index in [1.54, 1.807) is 7.11 Å². The summed E-state index contributed by atoms with van der Waals surface area (Å²) in [5.41, 5.74) is 1.35. The van der Waals surface area contributed by atoms with E-state index in [0.717, 1.165) is 49.9 Å². The largest absolute Gasteiger partial charge is 0.497 e. The predicted octanol–water partition coefficient (Wildman–Crippen LogP) is 3.26. The van der Waals surface area contributed by atoms with Crippen LogP contribution in [0, 0.1) is 11.8 Å². The molecule has 0 aromatic carbocycles. The molecule has 0 saturated heterocycles. The molecule has 3 heterocycles. The topological polar surface area (TPSA) is 58.5 Å². The monoisotopic (exact) mass is 350 g/mol. The number of pyridine rings is 1. The Hall–Kier alpha value is -2.56. The summed E-state index contributed by atoms with van der Waals surface area (Å²) in [7, 11) is 1.71. The van der Waals surface area contributed by atoms with Crippen molar-refractivity contribution in [2.45, 2.75) is 18.8 Å².